The summed E-state index contributed by atoms with van der Waals surface area (Å²) in [7, 11) is 0. The molecule has 2 heteroatoms. The van der Waals surface area contributed by atoms with E-state index in [0.717, 1.165) is 6.54 Å². The van der Waals surface area contributed by atoms with E-state index in [4.69, 9.17) is 5.11 Å². The molecule has 0 saturated heterocycles. The molecule has 0 aliphatic rings. The van der Waals surface area contributed by atoms with Crippen molar-refractivity contribution >= 4 is 0 Å². The van der Waals surface area contributed by atoms with E-state index < -0.39 is 0 Å². The lowest BCUT2D eigenvalue weighted by Crippen LogP contribution is -2.29. The van der Waals surface area contributed by atoms with Gasteiger partial charge in [0.25, 0.3) is 0 Å². The molecular weight excluding hydrogens is 114 g/mol. The maximum absolute atomic E-state index is 8.57. The molecular formula is C7H17NO. The van der Waals surface area contributed by atoms with Crippen LogP contribution in [0.2, 0.25) is 0 Å². The van der Waals surface area contributed by atoms with Gasteiger partial charge in [-0.1, -0.05) is 13.3 Å². The van der Waals surface area contributed by atoms with Crippen LogP contribution in [0.3, 0.4) is 0 Å². The molecule has 1 atom stereocenters. The summed E-state index contributed by atoms with van der Waals surface area (Å²) in [5, 5.41) is 11.8. The number of unbranched alkanes of at least 4 members (excludes halogenated alkanes) is 1. The summed E-state index contributed by atoms with van der Waals surface area (Å²) < 4.78 is 0. The number of aliphatic hydroxyl groups is 1. The highest BCUT2D eigenvalue weighted by atomic mass is 16.3. The molecule has 0 aromatic heterocycles. The third-order valence-corrected chi connectivity index (χ3v) is 1.30. The van der Waals surface area contributed by atoms with Crippen LogP contribution < -0.4 is 5.32 Å². The molecule has 2 N–H and O–H groups in total. The molecule has 9 heavy (non-hydrogen) atoms. The highest BCUT2D eigenvalue weighted by Gasteiger charge is 1.94. The van der Waals surface area contributed by atoms with Gasteiger partial charge in [-0.3, -0.25) is 0 Å². The molecule has 0 saturated carbocycles. The molecule has 0 aliphatic heterocycles. The molecule has 0 heterocycles. The average Bonchev–Trinajstić information content (AvgIpc) is 1.89. The van der Waals surface area contributed by atoms with E-state index in [1.807, 2.05) is 6.92 Å². The predicted molar refractivity (Wildman–Crippen MR) is 39.5 cm³/mol. The van der Waals surface area contributed by atoms with Crippen LogP contribution in [-0.2, 0) is 0 Å². The van der Waals surface area contributed by atoms with Crippen molar-refractivity contribution in [2.24, 2.45) is 0 Å². The first-order chi connectivity index (χ1) is 4.31. The Morgan fingerprint density at radius 2 is 2.22 bits per heavy atom. The van der Waals surface area contributed by atoms with Crippen LogP contribution in [-0.4, -0.2) is 24.3 Å². The van der Waals surface area contributed by atoms with E-state index in [0.29, 0.717) is 0 Å². The molecule has 0 bridgehead atoms. The van der Waals surface area contributed by atoms with E-state index in [9.17, 15) is 0 Å². The van der Waals surface area contributed by atoms with Crippen LogP contribution in [0.1, 0.15) is 26.7 Å². The van der Waals surface area contributed by atoms with Gasteiger partial charge in [0.2, 0.25) is 0 Å². The summed E-state index contributed by atoms with van der Waals surface area (Å²) in [4.78, 5) is 0. The molecule has 0 spiro atoms. The minimum absolute atomic E-state index is 0.240. The predicted octanol–water partition coefficient (Wildman–Crippen LogP) is 0.757. The first-order valence-corrected chi connectivity index (χ1v) is 3.65. The molecule has 0 aliphatic carbocycles. The van der Waals surface area contributed by atoms with Gasteiger partial charge >= 0.3 is 0 Å². The molecule has 2 nitrogen and oxygen atoms in total. The summed E-state index contributed by atoms with van der Waals surface area (Å²) in [6.07, 6.45) is 2.41. The Hall–Kier alpha value is -0.0800. The molecule has 0 unspecified atom stereocenters. The largest absolute Gasteiger partial charge is 0.395 e. The minimum Gasteiger partial charge on any atom is -0.395 e. The first-order valence-electron chi connectivity index (χ1n) is 3.65. The van der Waals surface area contributed by atoms with Gasteiger partial charge in [-0.2, -0.15) is 0 Å². The van der Waals surface area contributed by atoms with Crippen molar-refractivity contribution in [3.05, 3.63) is 0 Å². The number of hydrogen-bond donors (Lipinski definition) is 2. The van der Waals surface area contributed by atoms with E-state index in [1.165, 1.54) is 12.8 Å². The third kappa shape index (κ3) is 5.80. The Morgan fingerprint density at radius 3 is 2.67 bits per heavy atom. The zero-order chi connectivity index (χ0) is 7.11. The van der Waals surface area contributed by atoms with Crippen LogP contribution in [0.4, 0.5) is 0 Å². The van der Waals surface area contributed by atoms with Crippen molar-refractivity contribution in [3.8, 4) is 0 Å². The van der Waals surface area contributed by atoms with Crippen molar-refractivity contribution in [2.75, 3.05) is 13.2 Å². The number of hydrogen-bond acceptors (Lipinski definition) is 2. The summed E-state index contributed by atoms with van der Waals surface area (Å²) in [5.41, 5.74) is 0. The third-order valence-electron chi connectivity index (χ3n) is 1.30. The minimum atomic E-state index is 0.240. The second-order valence-corrected chi connectivity index (χ2v) is 2.39. The molecule has 56 valence electrons. The van der Waals surface area contributed by atoms with Gasteiger partial charge in [0.1, 0.15) is 0 Å². The quantitative estimate of drug-likeness (QED) is 0.540. The van der Waals surface area contributed by atoms with Crippen molar-refractivity contribution in [1.29, 1.82) is 0 Å². The fourth-order valence-corrected chi connectivity index (χ4v) is 0.590. The fourth-order valence-electron chi connectivity index (χ4n) is 0.590. The van der Waals surface area contributed by atoms with Crippen molar-refractivity contribution in [2.45, 2.75) is 32.7 Å². The van der Waals surface area contributed by atoms with Gasteiger partial charge in [-0.05, 0) is 19.9 Å². The Kier molecular flexibility index (Phi) is 5.99. The van der Waals surface area contributed by atoms with Crippen molar-refractivity contribution in [1.82, 2.24) is 5.32 Å². The highest BCUT2D eigenvalue weighted by Crippen LogP contribution is 1.84. The lowest BCUT2D eigenvalue weighted by Gasteiger charge is -2.08. The Balaban J connectivity index is 2.88. The number of rotatable bonds is 5. The molecule has 0 aromatic rings. The summed E-state index contributed by atoms with van der Waals surface area (Å²) in [5.74, 6) is 0. The van der Waals surface area contributed by atoms with Crippen LogP contribution in [0.15, 0.2) is 0 Å². The number of aliphatic hydroxyl groups excluding tert-OH is 1. The number of nitrogens with one attached hydrogen (secondary N) is 1. The van der Waals surface area contributed by atoms with Crippen LogP contribution >= 0.6 is 0 Å². The molecule has 0 aromatic carbocycles. The smallest absolute Gasteiger partial charge is 0.0581 e. The zero-order valence-electron chi connectivity index (χ0n) is 6.35. The molecule has 0 fully saturated rings. The molecule has 0 rings (SSSR count). The highest BCUT2D eigenvalue weighted by molar-refractivity contribution is 4.56. The van der Waals surface area contributed by atoms with Gasteiger partial charge in [0.15, 0.2) is 0 Å². The second-order valence-electron chi connectivity index (χ2n) is 2.39. The summed E-state index contributed by atoms with van der Waals surface area (Å²) in [6, 6.07) is 0.261. The lowest BCUT2D eigenvalue weighted by atomic mass is 10.3. The average molecular weight is 131 g/mol. The Morgan fingerprint density at radius 1 is 1.56 bits per heavy atom. The van der Waals surface area contributed by atoms with E-state index >= 15 is 0 Å². The van der Waals surface area contributed by atoms with Gasteiger partial charge in [-0.15, -0.1) is 0 Å². The summed E-state index contributed by atoms with van der Waals surface area (Å²) >= 11 is 0. The maximum Gasteiger partial charge on any atom is 0.0581 e. The fraction of sp³-hybridized carbons (Fsp3) is 1.00. The van der Waals surface area contributed by atoms with E-state index in [-0.39, 0.29) is 12.6 Å². The van der Waals surface area contributed by atoms with Crippen molar-refractivity contribution in [3.63, 3.8) is 0 Å². The standard InChI is InChI=1S/C7H17NO/c1-3-4-5-8-7(2)6-9/h7-9H,3-6H2,1-2H3/t7-/m0/s1. The van der Waals surface area contributed by atoms with Gasteiger partial charge in [0.05, 0.1) is 6.61 Å². The van der Waals surface area contributed by atoms with Gasteiger partial charge in [-0.25, -0.2) is 0 Å². The lowest BCUT2D eigenvalue weighted by molar-refractivity contribution is 0.251. The van der Waals surface area contributed by atoms with Gasteiger partial charge in [0, 0.05) is 6.04 Å². The summed E-state index contributed by atoms with van der Waals surface area (Å²) in [6.45, 7) is 5.41. The topological polar surface area (TPSA) is 32.3 Å². The second kappa shape index (κ2) is 6.05. The normalized spacial score (nSPS) is 13.7. The molecule has 0 amide bonds. The Bertz CT molecular complexity index is 56.9. The van der Waals surface area contributed by atoms with Crippen LogP contribution in [0, 0.1) is 0 Å². The molecule has 0 radical (unpaired) electrons. The van der Waals surface area contributed by atoms with Gasteiger partial charge < -0.3 is 10.4 Å². The monoisotopic (exact) mass is 131 g/mol. The van der Waals surface area contributed by atoms with E-state index in [1.54, 1.807) is 0 Å². The SMILES string of the molecule is CCCCN[C@@H](C)CO. The van der Waals surface area contributed by atoms with Crippen molar-refractivity contribution < 1.29 is 5.11 Å². The van der Waals surface area contributed by atoms with E-state index in [2.05, 4.69) is 12.2 Å². The van der Waals surface area contributed by atoms with Crippen LogP contribution in [0.5, 0.6) is 0 Å². The van der Waals surface area contributed by atoms with Crippen LogP contribution in [0.25, 0.3) is 0 Å². The zero-order valence-corrected chi connectivity index (χ0v) is 6.35. The maximum atomic E-state index is 8.57. The first kappa shape index (κ1) is 8.92. The Labute approximate surface area is 57.3 Å².